The van der Waals surface area contributed by atoms with Crippen LogP contribution in [-0.2, 0) is 0 Å². The van der Waals surface area contributed by atoms with Gasteiger partial charge in [-0.15, -0.1) is 0 Å². The normalized spacial score (nSPS) is 12.6. The fourth-order valence-corrected chi connectivity index (χ4v) is 2.38. The first-order valence-corrected chi connectivity index (χ1v) is 7.83. The third-order valence-electron chi connectivity index (χ3n) is 3.17. The quantitative estimate of drug-likeness (QED) is 0.518. The molecule has 1 unspecified atom stereocenters. The maximum Gasteiger partial charge on any atom is 0.0294 e. The summed E-state index contributed by atoms with van der Waals surface area (Å²) in [6, 6.07) is 8.80. The lowest BCUT2D eigenvalue weighted by atomic mass is 10.0. The van der Waals surface area contributed by atoms with Crippen molar-refractivity contribution in [2.24, 2.45) is 5.73 Å². The topological polar surface area (TPSA) is 26.0 Å². The molecule has 2 N–H and O–H groups in total. The molecule has 96 valence electrons. The van der Waals surface area contributed by atoms with Crippen LogP contribution in [0.5, 0.6) is 0 Å². The van der Waals surface area contributed by atoms with Crippen molar-refractivity contribution in [3.8, 4) is 0 Å². The SMILES string of the molecule is CCCCCCCCC(N)c1ccc(I)cc1. The van der Waals surface area contributed by atoms with Gasteiger partial charge in [0.1, 0.15) is 0 Å². The second kappa shape index (κ2) is 8.92. The number of nitrogens with two attached hydrogens (primary N) is 1. The fourth-order valence-electron chi connectivity index (χ4n) is 2.02. The van der Waals surface area contributed by atoms with E-state index in [4.69, 9.17) is 5.73 Å². The van der Waals surface area contributed by atoms with Gasteiger partial charge in [0.15, 0.2) is 0 Å². The van der Waals surface area contributed by atoms with Crippen LogP contribution in [0.2, 0.25) is 0 Å². The third kappa shape index (κ3) is 6.41. The monoisotopic (exact) mass is 345 g/mol. The molecular formula is C15H24IN. The Morgan fingerprint density at radius 3 is 2.24 bits per heavy atom. The molecular weight excluding hydrogens is 321 g/mol. The molecule has 2 heteroatoms. The lowest BCUT2D eigenvalue weighted by Gasteiger charge is -2.11. The first kappa shape index (κ1) is 15.0. The minimum absolute atomic E-state index is 0.221. The van der Waals surface area contributed by atoms with Crippen LogP contribution in [0.1, 0.15) is 63.5 Å². The van der Waals surface area contributed by atoms with Crippen LogP contribution in [0.4, 0.5) is 0 Å². The van der Waals surface area contributed by atoms with Gasteiger partial charge in [-0.1, -0.05) is 57.6 Å². The Labute approximate surface area is 119 Å². The molecule has 0 fully saturated rings. The molecule has 1 nitrogen and oxygen atoms in total. The Hall–Kier alpha value is -0.0900. The minimum atomic E-state index is 0.221. The molecule has 0 amide bonds. The van der Waals surface area contributed by atoms with E-state index in [1.165, 1.54) is 47.7 Å². The van der Waals surface area contributed by atoms with Crippen LogP contribution in [-0.4, -0.2) is 0 Å². The van der Waals surface area contributed by atoms with Crippen molar-refractivity contribution in [1.29, 1.82) is 0 Å². The Balaban J connectivity index is 2.16. The zero-order valence-electron chi connectivity index (χ0n) is 10.8. The number of benzene rings is 1. The summed E-state index contributed by atoms with van der Waals surface area (Å²) in [5, 5.41) is 0. The van der Waals surface area contributed by atoms with Gasteiger partial charge in [-0.25, -0.2) is 0 Å². The molecule has 1 aromatic rings. The van der Waals surface area contributed by atoms with E-state index < -0.39 is 0 Å². The molecule has 17 heavy (non-hydrogen) atoms. The van der Waals surface area contributed by atoms with Crippen molar-refractivity contribution in [3.05, 3.63) is 33.4 Å². The van der Waals surface area contributed by atoms with Gasteiger partial charge < -0.3 is 5.73 Å². The van der Waals surface area contributed by atoms with Gasteiger partial charge in [0.25, 0.3) is 0 Å². The number of halogens is 1. The first-order chi connectivity index (χ1) is 8.24. The smallest absolute Gasteiger partial charge is 0.0294 e. The molecule has 0 aliphatic heterocycles. The van der Waals surface area contributed by atoms with Crippen LogP contribution < -0.4 is 5.73 Å². The van der Waals surface area contributed by atoms with Gasteiger partial charge in [0, 0.05) is 9.61 Å². The largest absolute Gasteiger partial charge is 0.324 e. The van der Waals surface area contributed by atoms with E-state index in [2.05, 4.69) is 53.8 Å². The van der Waals surface area contributed by atoms with E-state index in [0.29, 0.717) is 0 Å². The van der Waals surface area contributed by atoms with Gasteiger partial charge >= 0.3 is 0 Å². The Morgan fingerprint density at radius 2 is 1.59 bits per heavy atom. The second-order valence-electron chi connectivity index (χ2n) is 4.71. The van der Waals surface area contributed by atoms with Crippen LogP contribution >= 0.6 is 22.6 Å². The maximum atomic E-state index is 6.18. The second-order valence-corrected chi connectivity index (χ2v) is 5.96. The van der Waals surface area contributed by atoms with Crippen molar-refractivity contribution < 1.29 is 0 Å². The Kier molecular flexibility index (Phi) is 7.86. The van der Waals surface area contributed by atoms with Gasteiger partial charge in [0.2, 0.25) is 0 Å². The molecule has 0 aliphatic carbocycles. The van der Waals surface area contributed by atoms with E-state index in [0.717, 1.165) is 6.42 Å². The summed E-state index contributed by atoms with van der Waals surface area (Å²) in [6.45, 7) is 2.26. The zero-order valence-corrected chi connectivity index (χ0v) is 12.9. The molecule has 0 heterocycles. The molecule has 0 aromatic heterocycles. The summed E-state index contributed by atoms with van der Waals surface area (Å²) in [5.41, 5.74) is 7.46. The van der Waals surface area contributed by atoms with Crippen LogP contribution in [0.3, 0.4) is 0 Å². The molecule has 0 bridgehead atoms. The van der Waals surface area contributed by atoms with Crippen molar-refractivity contribution in [3.63, 3.8) is 0 Å². The summed E-state index contributed by atoms with van der Waals surface area (Å²) in [4.78, 5) is 0. The van der Waals surface area contributed by atoms with Gasteiger partial charge in [-0.3, -0.25) is 0 Å². The predicted octanol–water partition coefficient (Wildman–Crippen LogP) is 5.04. The number of hydrogen-bond acceptors (Lipinski definition) is 1. The average molecular weight is 345 g/mol. The van der Waals surface area contributed by atoms with Crippen LogP contribution in [0.15, 0.2) is 24.3 Å². The van der Waals surface area contributed by atoms with E-state index in [-0.39, 0.29) is 6.04 Å². The molecule has 0 radical (unpaired) electrons. The molecule has 0 spiro atoms. The first-order valence-electron chi connectivity index (χ1n) is 6.75. The number of unbranched alkanes of at least 4 members (excludes halogenated alkanes) is 5. The van der Waals surface area contributed by atoms with E-state index in [1.807, 2.05) is 0 Å². The lowest BCUT2D eigenvalue weighted by molar-refractivity contribution is 0.547. The molecule has 0 saturated carbocycles. The van der Waals surface area contributed by atoms with Gasteiger partial charge in [0.05, 0.1) is 0 Å². The summed E-state index contributed by atoms with van der Waals surface area (Å²) in [5.74, 6) is 0. The maximum absolute atomic E-state index is 6.18. The van der Waals surface area contributed by atoms with Crippen molar-refractivity contribution >= 4 is 22.6 Å². The van der Waals surface area contributed by atoms with E-state index in [1.54, 1.807) is 0 Å². The van der Waals surface area contributed by atoms with Crippen LogP contribution in [0, 0.1) is 3.57 Å². The third-order valence-corrected chi connectivity index (χ3v) is 3.89. The molecule has 1 aromatic carbocycles. The molecule has 1 atom stereocenters. The highest BCUT2D eigenvalue weighted by atomic mass is 127. The van der Waals surface area contributed by atoms with Crippen LogP contribution in [0.25, 0.3) is 0 Å². The Morgan fingerprint density at radius 1 is 1.00 bits per heavy atom. The highest BCUT2D eigenvalue weighted by Gasteiger charge is 2.04. The van der Waals surface area contributed by atoms with Crippen molar-refractivity contribution in [2.75, 3.05) is 0 Å². The van der Waals surface area contributed by atoms with E-state index >= 15 is 0 Å². The fraction of sp³-hybridized carbons (Fsp3) is 0.600. The summed E-state index contributed by atoms with van der Waals surface area (Å²) in [7, 11) is 0. The zero-order chi connectivity index (χ0) is 12.5. The van der Waals surface area contributed by atoms with Crippen molar-refractivity contribution in [2.45, 2.75) is 57.9 Å². The minimum Gasteiger partial charge on any atom is -0.324 e. The van der Waals surface area contributed by atoms with Gasteiger partial charge in [-0.05, 0) is 46.7 Å². The van der Waals surface area contributed by atoms with Gasteiger partial charge in [-0.2, -0.15) is 0 Å². The average Bonchev–Trinajstić information content (AvgIpc) is 2.34. The highest BCUT2D eigenvalue weighted by molar-refractivity contribution is 14.1. The predicted molar refractivity (Wildman–Crippen MR) is 84.1 cm³/mol. The summed E-state index contributed by atoms with van der Waals surface area (Å²) >= 11 is 2.33. The van der Waals surface area contributed by atoms with Crippen molar-refractivity contribution in [1.82, 2.24) is 0 Å². The highest BCUT2D eigenvalue weighted by Crippen LogP contribution is 2.19. The molecule has 0 saturated heterocycles. The number of hydrogen-bond donors (Lipinski definition) is 1. The van der Waals surface area contributed by atoms with E-state index in [9.17, 15) is 0 Å². The Bertz CT molecular complexity index is 294. The number of rotatable bonds is 8. The lowest BCUT2D eigenvalue weighted by Crippen LogP contribution is -2.09. The summed E-state index contributed by atoms with van der Waals surface area (Å²) < 4.78 is 1.28. The molecule has 1 rings (SSSR count). The summed E-state index contributed by atoms with van der Waals surface area (Å²) in [6.07, 6.45) is 9.16. The standard InChI is InChI=1S/C15H24IN/c1-2-3-4-5-6-7-8-15(17)13-9-11-14(16)12-10-13/h9-12,15H,2-8,17H2,1H3. The molecule has 0 aliphatic rings.